The maximum absolute atomic E-state index is 13.0. The van der Waals surface area contributed by atoms with E-state index in [9.17, 15) is 13.6 Å². The molecule has 2 unspecified atom stereocenters. The van der Waals surface area contributed by atoms with E-state index in [1.807, 2.05) is 13.0 Å². The van der Waals surface area contributed by atoms with Crippen LogP contribution in [-0.2, 0) is 0 Å². The number of nitrogens with zero attached hydrogens (tertiary/aromatic N) is 3. The summed E-state index contributed by atoms with van der Waals surface area (Å²) < 4.78 is 26.1. The van der Waals surface area contributed by atoms with Crippen LogP contribution in [0.3, 0.4) is 0 Å². The van der Waals surface area contributed by atoms with E-state index < -0.39 is 12.0 Å². The molecule has 2 aliphatic heterocycles. The Morgan fingerprint density at radius 2 is 2.17 bits per heavy atom. The molecule has 2 fully saturated rings. The molecule has 24 heavy (non-hydrogen) atoms. The number of rotatable bonds is 3. The third-order valence-electron chi connectivity index (χ3n) is 4.80. The van der Waals surface area contributed by atoms with Crippen LogP contribution in [0.5, 0.6) is 0 Å². The zero-order chi connectivity index (χ0) is 17.5. The predicted molar refractivity (Wildman–Crippen MR) is 87.2 cm³/mol. The highest BCUT2D eigenvalue weighted by Gasteiger charge is 2.44. The van der Waals surface area contributed by atoms with Crippen molar-refractivity contribution in [1.29, 1.82) is 0 Å². The van der Waals surface area contributed by atoms with E-state index in [1.165, 1.54) is 0 Å². The average molecular weight is 339 g/mol. The van der Waals surface area contributed by atoms with Crippen LogP contribution in [0.15, 0.2) is 12.1 Å². The minimum atomic E-state index is -2.63. The molecule has 8 heteroatoms. The van der Waals surface area contributed by atoms with Crippen molar-refractivity contribution in [2.24, 2.45) is 5.73 Å². The maximum Gasteiger partial charge on any atom is 0.315 e. The Bertz CT molecular complexity index is 631. The molecule has 2 saturated heterocycles. The van der Waals surface area contributed by atoms with Crippen LogP contribution in [-0.4, -0.2) is 54.1 Å². The lowest BCUT2D eigenvalue weighted by Gasteiger charge is -2.42. The van der Waals surface area contributed by atoms with Gasteiger partial charge in [-0.2, -0.15) is 0 Å². The molecule has 132 valence electrons. The Hall–Kier alpha value is -1.96. The minimum absolute atomic E-state index is 0.0888. The summed E-state index contributed by atoms with van der Waals surface area (Å²) in [6, 6.07) is 3.07. The van der Waals surface area contributed by atoms with E-state index in [0.29, 0.717) is 18.9 Å². The van der Waals surface area contributed by atoms with E-state index in [2.05, 4.69) is 17.2 Å². The minimum Gasteiger partial charge on any atom is -0.351 e. The van der Waals surface area contributed by atoms with Crippen LogP contribution in [0.25, 0.3) is 0 Å². The number of anilines is 1. The molecule has 3 rings (SSSR count). The topological polar surface area (TPSA) is 74.5 Å². The Morgan fingerprint density at radius 3 is 2.71 bits per heavy atom. The standard InChI is InChI=1S/C16H23F2N5O/c1-3-12-14(23(15(19)24)7-6-20-12)11-4-5-13(21-10(11)2)22-8-16(17,18)9-22/h4-5,12,14,20H,3,6-9H2,1-2H3,(H2,19,24). The van der Waals surface area contributed by atoms with Crippen molar-refractivity contribution >= 4 is 11.8 Å². The van der Waals surface area contributed by atoms with E-state index in [1.54, 1.807) is 15.9 Å². The number of alkyl halides is 2. The summed E-state index contributed by atoms with van der Waals surface area (Å²) in [5.41, 5.74) is 7.19. The summed E-state index contributed by atoms with van der Waals surface area (Å²) in [4.78, 5) is 19.5. The van der Waals surface area contributed by atoms with Gasteiger partial charge in [0.2, 0.25) is 0 Å². The SMILES string of the molecule is CCC1NCCN(C(N)=O)C1c1ccc(N2CC(F)(F)C2)nc1C. The molecule has 2 amide bonds. The van der Waals surface area contributed by atoms with Gasteiger partial charge in [-0.3, -0.25) is 0 Å². The van der Waals surface area contributed by atoms with E-state index in [-0.39, 0.29) is 25.2 Å². The molecule has 0 spiro atoms. The molecule has 2 atom stereocenters. The van der Waals surface area contributed by atoms with Crippen molar-refractivity contribution in [3.8, 4) is 0 Å². The van der Waals surface area contributed by atoms with Crippen molar-refractivity contribution in [1.82, 2.24) is 15.2 Å². The number of carbonyl (C=O) groups is 1. The lowest BCUT2D eigenvalue weighted by atomic mass is 9.92. The highest BCUT2D eigenvalue weighted by molar-refractivity contribution is 5.73. The number of urea groups is 1. The first-order valence-corrected chi connectivity index (χ1v) is 8.22. The summed E-state index contributed by atoms with van der Waals surface area (Å²) in [6.07, 6.45) is 0.841. The number of carbonyl (C=O) groups excluding carboxylic acids is 1. The van der Waals surface area contributed by atoms with Crippen molar-refractivity contribution in [2.45, 2.75) is 38.3 Å². The molecule has 0 bridgehead atoms. The van der Waals surface area contributed by atoms with Gasteiger partial charge in [0.15, 0.2) is 0 Å². The average Bonchev–Trinajstić information content (AvgIpc) is 2.51. The van der Waals surface area contributed by atoms with Crippen molar-refractivity contribution < 1.29 is 13.6 Å². The summed E-state index contributed by atoms with van der Waals surface area (Å²) in [5, 5.41) is 3.41. The molecule has 0 aliphatic carbocycles. The number of hydrogen-bond donors (Lipinski definition) is 2. The molecule has 6 nitrogen and oxygen atoms in total. The lowest BCUT2D eigenvalue weighted by molar-refractivity contribution is -0.0267. The molecule has 1 aromatic rings. The van der Waals surface area contributed by atoms with Gasteiger partial charge < -0.3 is 20.9 Å². The molecule has 0 radical (unpaired) electrons. The lowest BCUT2D eigenvalue weighted by Crippen LogP contribution is -2.57. The molecular formula is C16H23F2N5O. The second-order valence-electron chi connectivity index (χ2n) is 6.50. The third-order valence-corrected chi connectivity index (χ3v) is 4.80. The van der Waals surface area contributed by atoms with Gasteiger partial charge in [0, 0.05) is 24.8 Å². The Kier molecular flexibility index (Phi) is 4.33. The van der Waals surface area contributed by atoms with Crippen LogP contribution in [0.2, 0.25) is 0 Å². The number of aromatic nitrogens is 1. The summed E-state index contributed by atoms with van der Waals surface area (Å²) in [7, 11) is 0. The highest BCUT2D eigenvalue weighted by atomic mass is 19.3. The van der Waals surface area contributed by atoms with Gasteiger partial charge in [0.1, 0.15) is 5.82 Å². The molecule has 0 aromatic carbocycles. The number of halogens is 2. The Labute approximate surface area is 140 Å². The number of nitrogens with two attached hydrogens (primary N) is 1. The van der Waals surface area contributed by atoms with Crippen molar-refractivity contribution in [2.75, 3.05) is 31.1 Å². The molecule has 0 saturated carbocycles. The van der Waals surface area contributed by atoms with Crippen LogP contribution in [0, 0.1) is 6.92 Å². The number of primary amides is 1. The number of amides is 2. The largest absolute Gasteiger partial charge is 0.351 e. The maximum atomic E-state index is 13.0. The Morgan fingerprint density at radius 1 is 1.46 bits per heavy atom. The van der Waals surface area contributed by atoms with Gasteiger partial charge in [-0.25, -0.2) is 18.6 Å². The number of piperazine rings is 1. The second kappa shape index (κ2) is 6.16. The fraction of sp³-hybridized carbons (Fsp3) is 0.625. The summed E-state index contributed by atoms with van der Waals surface area (Å²) in [6.45, 7) is 4.54. The number of nitrogens with one attached hydrogen (secondary N) is 1. The van der Waals surface area contributed by atoms with Gasteiger partial charge >= 0.3 is 6.03 Å². The molecule has 3 N–H and O–H groups in total. The summed E-state index contributed by atoms with van der Waals surface area (Å²) >= 11 is 0. The van der Waals surface area contributed by atoms with Crippen LogP contribution in [0.1, 0.15) is 30.6 Å². The van der Waals surface area contributed by atoms with Gasteiger partial charge in [-0.15, -0.1) is 0 Å². The van der Waals surface area contributed by atoms with Gasteiger partial charge in [0.05, 0.1) is 19.1 Å². The van der Waals surface area contributed by atoms with E-state index >= 15 is 0 Å². The Balaban J connectivity index is 1.88. The second-order valence-corrected chi connectivity index (χ2v) is 6.50. The van der Waals surface area contributed by atoms with Gasteiger partial charge in [0.25, 0.3) is 5.92 Å². The number of pyridine rings is 1. The van der Waals surface area contributed by atoms with Gasteiger partial charge in [-0.1, -0.05) is 13.0 Å². The zero-order valence-corrected chi connectivity index (χ0v) is 13.9. The van der Waals surface area contributed by atoms with Crippen LogP contribution < -0.4 is 16.0 Å². The molecule has 1 aromatic heterocycles. The zero-order valence-electron chi connectivity index (χ0n) is 13.9. The van der Waals surface area contributed by atoms with Crippen LogP contribution >= 0.6 is 0 Å². The van der Waals surface area contributed by atoms with Crippen LogP contribution in [0.4, 0.5) is 19.4 Å². The first kappa shape index (κ1) is 16.9. The quantitative estimate of drug-likeness (QED) is 0.878. The first-order valence-electron chi connectivity index (χ1n) is 8.22. The van der Waals surface area contributed by atoms with Crippen molar-refractivity contribution in [3.05, 3.63) is 23.4 Å². The van der Waals surface area contributed by atoms with E-state index in [0.717, 1.165) is 17.7 Å². The smallest absolute Gasteiger partial charge is 0.315 e. The normalized spacial score (nSPS) is 26.2. The number of aryl methyl sites for hydroxylation is 1. The molecule has 2 aliphatic rings. The van der Waals surface area contributed by atoms with Gasteiger partial charge in [-0.05, 0) is 25.0 Å². The number of hydrogen-bond acceptors (Lipinski definition) is 4. The molecule has 3 heterocycles. The summed E-state index contributed by atoms with van der Waals surface area (Å²) in [5.74, 6) is -2.08. The predicted octanol–water partition coefficient (Wildman–Crippen LogP) is 1.65. The highest BCUT2D eigenvalue weighted by Crippen LogP contribution is 2.34. The van der Waals surface area contributed by atoms with Crippen molar-refractivity contribution in [3.63, 3.8) is 0 Å². The fourth-order valence-electron chi connectivity index (χ4n) is 3.56. The first-order chi connectivity index (χ1) is 11.3. The monoisotopic (exact) mass is 339 g/mol. The third kappa shape index (κ3) is 3.02. The fourth-order valence-corrected chi connectivity index (χ4v) is 3.56. The molecular weight excluding hydrogens is 316 g/mol. The van der Waals surface area contributed by atoms with E-state index in [4.69, 9.17) is 5.73 Å².